The molecule has 17 heavy (non-hydrogen) atoms. The number of aliphatic hydroxyl groups excluding tert-OH is 1. The van der Waals surface area contributed by atoms with Crippen LogP contribution in [0.5, 0.6) is 0 Å². The van der Waals surface area contributed by atoms with Gasteiger partial charge >= 0.3 is 0 Å². The topological polar surface area (TPSA) is 41.5 Å². The van der Waals surface area contributed by atoms with Crippen LogP contribution >= 0.6 is 15.9 Å². The summed E-state index contributed by atoms with van der Waals surface area (Å²) in [6.45, 7) is 1.60. The van der Waals surface area contributed by atoms with Gasteiger partial charge in [-0.15, -0.1) is 0 Å². The number of ether oxygens (including phenoxy) is 1. The van der Waals surface area contributed by atoms with E-state index in [1.165, 1.54) is 6.07 Å². The smallest absolute Gasteiger partial charge is 0.137 e. The first-order valence-electron chi connectivity index (χ1n) is 5.45. The molecule has 0 spiro atoms. The Bertz CT molecular complexity index is 349. The van der Waals surface area contributed by atoms with Crippen LogP contribution in [0.3, 0.4) is 0 Å². The summed E-state index contributed by atoms with van der Waals surface area (Å²) in [5, 5.41) is 12.5. The predicted octanol–water partition coefficient (Wildman–Crippen LogP) is 2.08. The minimum atomic E-state index is -0.450. The summed E-state index contributed by atoms with van der Waals surface area (Å²) in [6, 6.07) is 5.03. The highest BCUT2D eigenvalue weighted by Gasteiger charge is 2.03. The quantitative estimate of drug-likeness (QED) is 0.758. The number of halogens is 2. The fraction of sp³-hybridized carbons (Fsp3) is 0.500. The predicted molar refractivity (Wildman–Crippen MR) is 68.3 cm³/mol. The Hall–Kier alpha value is -0.490. The number of hydrogen-bond donors (Lipinski definition) is 2. The molecule has 1 aromatic carbocycles. The molecule has 1 atom stereocenters. The third-order valence-corrected chi connectivity index (χ3v) is 2.97. The maximum absolute atomic E-state index is 13.2. The molecule has 0 saturated carbocycles. The monoisotopic (exact) mass is 305 g/mol. The van der Waals surface area contributed by atoms with E-state index in [9.17, 15) is 9.50 Å². The minimum absolute atomic E-state index is 0.260. The van der Waals surface area contributed by atoms with Crippen molar-refractivity contribution in [2.75, 3.05) is 20.3 Å². The molecule has 0 amide bonds. The highest BCUT2D eigenvalue weighted by atomic mass is 79.9. The van der Waals surface area contributed by atoms with Crippen LogP contribution in [0.25, 0.3) is 0 Å². The van der Waals surface area contributed by atoms with Crippen molar-refractivity contribution < 1.29 is 14.2 Å². The van der Waals surface area contributed by atoms with Crippen LogP contribution in [0.1, 0.15) is 12.0 Å². The Morgan fingerprint density at radius 2 is 2.29 bits per heavy atom. The van der Waals surface area contributed by atoms with Crippen LogP contribution in [-0.4, -0.2) is 31.5 Å². The summed E-state index contributed by atoms with van der Waals surface area (Å²) in [5.41, 5.74) is 0.881. The number of methoxy groups -OCH3 is 1. The van der Waals surface area contributed by atoms with Crippen molar-refractivity contribution in [3.63, 3.8) is 0 Å². The van der Waals surface area contributed by atoms with Gasteiger partial charge in [-0.05, 0) is 46.6 Å². The molecule has 0 bridgehead atoms. The number of rotatable bonds is 7. The summed E-state index contributed by atoms with van der Waals surface area (Å²) in [7, 11) is 1.56. The molecule has 1 rings (SSSR count). The van der Waals surface area contributed by atoms with E-state index in [1.54, 1.807) is 13.2 Å². The van der Waals surface area contributed by atoms with Crippen molar-refractivity contribution in [3.05, 3.63) is 34.1 Å². The van der Waals surface area contributed by atoms with Crippen molar-refractivity contribution in [1.82, 2.24) is 5.32 Å². The van der Waals surface area contributed by atoms with Gasteiger partial charge in [0.15, 0.2) is 0 Å². The number of nitrogens with one attached hydrogen (secondary N) is 1. The molecule has 0 aliphatic carbocycles. The molecule has 2 N–H and O–H groups in total. The van der Waals surface area contributed by atoms with Gasteiger partial charge in [-0.25, -0.2) is 4.39 Å². The van der Waals surface area contributed by atoms with Crippen LogP contribution in [0.15, 0.2) is 22.7 Å². The van der Waals surface area contributed by atoms with E-state index >= 15 is 0 Å². The van der Waals surface area contributed by atoms with Gasteiger partial charge in [-0.1, -0.05) is 6.07 Å². The molecule has 0 saturated heterocycles. The standard InChI is InChI=1S/C12H17BrFNO2/c1-17-8-10(16)4-5-15-7-9-2-3-11(13)12(14)6-9/h2-3,6,10,15-16H,4-5,7-8H2,1H3. The molecule has 5 heteroatoms. The largest absolute Gasteiger partial charge is 0.391 e. The first-order chi connectivity index (χ1) is 8.13. The van der Waals surface area contributed by atoms with Crippen molar-refractivity contribution in [3.8, 4) is 0 Å². The fourth-order valence-corrected chi connectivity index (χ4v) is 1.67. The van der Waals surface area contributed by atoms with Crippen molar-refractivity contribution >= 4 is 15.9 Å². The zero-order valence-corrected chi connectivity index (χ0v) is 11.3. The summed E-state index contributed by atoms with van der Waals surface area (Å²) in [4.78, 5) is 0. The Labute approximate surface area is 109 Å². The average molecular weight is 306 g/mol. The third kappa shape index (κ3) is 5.59. The third-order valence-electron chi connectivity index (χ3n) is 2.33. The average Bonchev–Trinajstić information content (AvgIpc) is 2.29. The highest BCUT2D eigenvalue weighted by molar-refractivity contribution is 9.10. The Kier molecular flexibility index (Phi) is 6.65. The summed E-state index contributed by atoms with van der Waals surface area (Å²) < 4.78 is 18.5. The van der Waals surface area contributed by atoms with E-state index in [0.29, 0.717) is 30.6 Å². The number of aliphatic hydroxyl groups is 1. The second kappa shape index (κ2) is 7.76. The van der Waals surface area contributed by atoms with Gasteiger partial charge in [0.2, 0.25) is 0 Å². The highest BCUT2D eigenvalue weighted by Crippen LogP contribution is 2.16. The molecule has 1 aromatic rings. The van der Waals surface area contributed by atoms with Crippen molar-refractivity contribution in [1.29, 1.82) is 0 Å². The van der Waals surface area contributed by atoms with E-state index in [0.717, 1.165) is 5.56 Å². The molecule has 96 valence electrons. The molecule has 0 aliphatic heterocycles. The van der Waals surface area contributed by atoms with Gasteiger partial charge in [-0.2, -0.15) is 0 Å². The molecular weight excluding hydrogens is 289 g/mol. The van der Waals surface area contributed by atoms with E-state index in [4.69, 9.17) is 4.74 Å². The van der Waals surface area contributed by atoms with E-state index in [2.05, 4.69) is 21.2 Å². The van der Waals surface area contributed by atoms with Gasteiger partial charge in [0.25, 0.3) is 0 Å². The molecule has 0 aliphatic rings. The van der Waals surface area contributed by atoms with Gasteiger partial charge in [0.05, 0.1) is 17.2 Å². The molecule has 0 aromatic heterocycles. The lowest BCUT2D eigenvalue weighted by atomic mass is 10.2. The van der Waals surface area contributed by atoms with Crippen LogP contribution in [-0.2, 0) is 11.3 Å². The summed E-state index contributed by atoms with van der Waals surface area (Å²) >= 11 is 3.11. The lowest BCUT2D eigenvalue weighted by Crippen LogP contribution is -2.23. The lowest BCUT2D eigenvalue weighted by molar-refractivity contribution is 0.0594. The molecular formula is C12H17BrFNO2. The summed E-state index contributed by atoms with van der Waals surface area (Å²) in [6.07, 6.45) is 0.168. The maximum Gasteiger partial charge on any atom is 0.137 e. The normalized spacial score (nSPS) is 12.7. The first-order valence-corrected chi connectivity index (χ1v) is 6.24. The van der Waals surface area contributed by atoms with Crippen LogP contribution in [0, 0.1) is 5.82 Å². The zero-order chi connectivity index (χ0) is 12.7. The molecule has 3 nitrogen and oxygen atoms in total. The van der Waals surface area contributed by atoms with Gasteiger partial charge in [0, 0.05) is 13.7 Å². The number of hydrogen-bond acceptors (Lipinski definition) is 3. The lowest BCUT2D eigenvalue weighted by Gasteiger charge is -2.10. The van der Waals surface area contributed by atoms with E-state index in [-0.39, 0.29) is 5.82 Å². The van der Waals surface area contributed by atoms with Crippen LogP contribution in [0.4, 0.5) is 4.39 Å². The Balaban J connectivity index is 2.24. The van der Waals surface area contributed by atoms with Crippen molar-refractivity contribution in [2.45, 2.75) is 19.1 Å². The second-order valence-electron chi connectivity index (χ2n) is 3.82. The molecule has 1 unspecified atom stereocenters. The van der Waals surface area contributed by atoms with Crippen molar-refractivity contribution in [2.24, 2.45) is 0 Å². The second-order valence-corrected chi connectivity index (χ2v) is 4.68. The molecule has 0 radical (unpaired) electrons. The van der Waals surface area contributed by atoms with Crippen LogP contribution in [0.2, 0.25) is 0 Å². The number of benzene rings is 1. The van der Waals surface area contributed by atoms with E-state index < -0.39 is 6.10 Å². The van der Waals surface area contributed by atoms with Crippen LogP contribution < -0.4 is 5.32 Å². The maximum atomic E-state index is 13.2. The van der Waals surface area contributed by atoms with Gasteiger partial charge in [-0.3, -0.25) is 0 Å². The Morgan fingerprint density at radius 3 is 2.94 bits per heavy atom. The minimum Gasteiger partial charge on any atom is -0.391 e. The Morgan fingerprint density at radius 1 is 1.53 bits per heavy atom. The molecule has 0 heterocycles. The molecule has 0 fully saturated rings. The zero-order valence-electron chi connectivity index (χ0n) is 9.75. The van der Waals surface area contributed by atoms with E-state index in [1.807, 2.05) is 6.07 Å². The first kappa shape index (κ1) is 14.6. The van der Waals surface area contributed by atoms with Gasteiger partial charge in [0.1, 0.15) is 5.82 Å². The SMILES string of the molecule is COCC(O)CCNCc1ccc(Br)c(F)c1. The van der Waals surface area contributed by atoms with Gasteiger partial charge < -0.3 is 15.2 Å². The fourth-order valence-electron chi connectivity index (χ4n) is 1.43. The summed E-state index contributed by atoms with van der Waals surface area (Å²) in [5.74, 6) is -0.260.